The molecule has 224 valence electrons. The molecule has 8 nitrogen and oxygen atoms in total. The van der Waals surface area contributed by atoms with Gasteiger partial charge < -0.3 is 19.5 Å². The van der Waals surface area contributed by atoms with E-state index < -0.39 is 12.6 Å². The Morgan fingerprint density at radius 2 is 1.57 bits per heavy atom. The second kappa shape index (κ2) is 14.3. The van der Waals surface area contributed by atoms with Crippen LogP contribution >= 0.6 is 0 Å². The molecule has 3 aromatic carbocycles. The van der Waals surface area contributed by atoms with E-state index >= 15 is 0 Å². The van der Waals surface area contributed by atoms with E-state index in [0.29, 0.717) is 24.4 Å². The lowest BCUT2D eigenvalue weighted by atomic mass is 9.92. The van der Waals surface area contributed by atoms with Gasteiger partial charge in [-0.25, -0.2) is 4.79 Å². The quantitative estimate of drug-likeness (QED) is 0.314. The van der Waals surface area contributed by atoms with E-state index in [1.807, 2.05) is 61.2 Å². The number of ether oxygens (including phenoxy) is 2. The van der Waals surface area contributed by atoms with E-state index in [1.165, 1.54) is 5.56 Å². The summed E-state index contributed by atoms with van der Waals surface area (Å²) >= 11 is 0. The number of carboxylic acids is 1. The molecule has 0 unspecified atom stereocenters. The van der Waals surface area contributed by atoms with Crippen LogP contribution in [-0.2, 0) is 11.3 Å². The lowest BCUT2D eigenvalue weighted by Crippen LogP contribution is -2.56. The van der Waals surface area contributed by atoms with Crippen molar-refractivity contribution < 1.29 is 24.2 Å². The molecule has 0 aromatic heterocycles. The highest BCUT2D eigenvalue weighted by molar-refractivity contribution is 5.94. The van der Waals surface area contributed by atoms with Crippen LogP contribution in [0.1, 0.15) is 60.8 Å². The van der Waals surface area contributed by atoms with Crippen LogP contribution in [0, 0.1) is 0 Å². The molecule has 4 rings (SSSR count). The van der Waals surface area contributed by atoms with Crippen LogP contribution in [0.3, 0.4) is 0 Å². The average molecular weight is 574 g/mol. The molecule has 0 aliphatic carbocycles. The lowest BCUT2D eigenvalue weighted by molar-refractivity contribution is -0.139. The molecule has 42 heavy (non-hydrogen) atoms. The van der Waals surface area contributed by atoms with E-state index in [4.69, 9.17) is 14.6 Å². The molecule has 1 fully saturated rings. The molecule has 0 radical (unpaired) electrons. The molecule has 0 saturated carbocycles. The number of nitrogens with zero attached hydrogens (tertiary/aromatic N) is 3. The first-order chi connectivity index (χ1) is 20.2. The summed E-state index contributed by atoms with van der Waals surface area (Å²) in [6, 6.07) is 24.1. The summed E-state index contributed by atoms with van der Waals surface area (Å²) in [5.74, 6) is 0.363. The molecule has 1 N–H and O–H groups in total. The summed E-state index contributed by atoms with van der Waals surface area (Å²) in [5, 5.41) is 9.15. The number of carbonyl (C=O) groups is 2. The van der Waals surface area contributed by atoms with Crippen LogP contribution in [0.25, 0.3) is 0 Å². The first-order valence-electron chi connectivity index (χ1n) is 14.7. The lowest BCUT2D eigenvalue weighted by Gasteiger charge is -2.48. The Morgan fingerprint density at radius 1 is 0.905 bits per heavy atom. The number of carbonyl (C=O) groups excluding carboxylic acids is 1. The van der Waals surface area contributed by atoms with Crippen molar-refractivity contribution in [1.29, 1.82) is 0 Å². The van der Waals surface area contributed by atoms with E-state index in [2.05, 4.69) is 47.9 Å². The Labute approximate surface area is 249 Å². The molecule has 3 aromatic rings. The molecule has 0 bridgehead atoms. The van der Waals surface area contributed by atoms with Gasteiger partial charge in [0.1, 0.15) is 11.5 Å². The Balaban J connectivity index is 1.68. The number of aliphatic carboxylic acids is 1. The van der Waals surface area contributed by atoms with Crippen LogP contribution in [-0.4, -0.2) is 83.7 Å². The largest absolute Gasteiger partial charge is 0.497 e. The SMILES string of the molecule is CCN(CC)C(=O)c1cccc([C@@H](c2cccc(OCC(=O)O)c2)N2C[C@@H](C)N(Cc3cccc(OC)c3)C[C@@H]2C)c1. The number of amides is 1. The van der Waals surface area contributed by atoms with Crippen molar-refractivity contribution in [2.24, 2.45) is 0 Å². The van der Waals surface area contributed by atoms with E-state index in [1.54, 1.807) is 13.2 Å². The standard InChI is InChI=1S/C34H43N3O5/c1-6-35(7-2)34(40)29-14-9-12-27(18-29)33(28-13-10-16-31(19-28)42-23-32(38)39)37-21-24(3)36(20-25(37)4)22-26-11-8-15-30(17-26)41-5/h8-19,24-25,33H,6-7,20-23H2,1-5H3,(H,38,39)/t24-,25+,33+/m1/s1. The highest BCUT2D eigenvalue weighted by Crippen LogP contribution is 2.35. The number of methoxy groups -OCH3 is 1. The molecule has 3 atom stereocenters. The Hall–Kier alpha value is -3.88. The summed E-state index contributed by atoms with van der Waals surface area (Å²) in [4.78, 5) is 31.3. The summed E-state index contributed by atoms with van der Waals surface area (Å²) in [6.45, 7) is 11.9. The summed E-state index contributed by atoms with van der Waals surface area (Å²) in [5.41, 5.74) is 3.88. The molecule has 1 aliphatic heterocycles. The first-order valence-corrected chi connectivity index (χ1v) is 14.7. The van der Waals surface area contributed by atoms with E-state index in [9.17, 15) is 9.59 Å². The van der Waals surface area contributed by atoms with Crippen LogP contribution in [0.5, 0.6) is 11.5 Å². The maximum atomic E-state index is 13.3. The summed E-state index contributed by atoms with van der Waals surface area (Å²) in [7, 11) is 1.69. The normalized spacial score (nSPS) is 18.3. The minimum Gasteiger partial charge on any atom is -0.497 e. The first kappa shape index (κ1) is 31.1. The molecule has 0 spiro atoms. The monoisotopic (exact) mass is 573 g/mol. The third kappa shape index (κ3) is 7.49. The predicted molar refractivity (Wildman–Crippen MR) is 164 cm³/mol. The second-order valence-electron chi connectivity index (χ2n) is 10.9. The van der Waals surface area contributed by atoms with Crippen molar-refractivity contribution in [3.8, 4) is 11.5 Å². The molecule has 1 aliphatic rings. The van der Waals surface area contributed by atoms with Crippen molar-refractivity contribution in [3.63, 3.8) is 0 Å². The van der Waals surface area contributed by atoms with Crippen molar-refractivity contribution in [2.45, 2.75) is 52.4 Å². The minimum atomic E-state index is -1.02. The van der Waals surface area contributed by atoms with Crippen molar-refractivity contribution in [2.75, 3.05) is 39.9 Å². The van der Waals surface area contributed by atoms with Crippen LogP contribution in [0.15, 0.2) is 72.8 Å². The van der Waals surface area contributed by atoms with Gasteiger partial charge in [-0.05, 0) is 80.8 Å². The van der Waals surface area contributed by atoms with E-state index in [0.717, 1.165) is 36.5 Å². The zero-order valence-corrected chi connectivity index (χ0v) is 25.3. The van der Waals surface area contributed by atoms with Gasteiger partial charge in [-0.2, -0.15) is 0 Å². The van der Waals surface area contributed by atoms with Gasteiger partial charge in [0, 0.05) is 50.4 Å². The van der Waals surface area contributed by atoms with Crippen LogP contribution < -0.4 is 9.47 Å². The topological polar surface area (TPSA) is 82.5 Å². The zero-order valence-electron chi connectivity index (χ0n) is 25.3. The fourth-order valence-electron chi connectivity index (χ4n) is 5.84. The van der Waals surface area contributed by atoms with Crippen molar-refractivity contribution in [3.05, 3.63) is 95.1 Å². The number of piperazine rings is 1. The number of benzene rings is 3. The highest BCUT2D eigenvalue weighted by Gasteiger charge is 2.35. The molecule has 1 saturated heterocycles. The number of hydrogen-bond donors (Lipinski definition) is 1. The van der Waals surface area contributed by atoms with Crippen LogP contribution in [0.4, 0.5) is 0 Å². The third-order valence-electron chi connectivity index (χ3n) is 8.05. The molecular formula is C34H43N3O5. The maximum Gasteiger partial charge on any atom is 0.341 e. The van der Waals surface area contributed by atoms with Gasteiger partial charge in [0.25, 0.3) is 5.91 Å². The van der Waals surface area contributed by atoms with Crippen molar-refractivity contribution >= 4 is 11.9 Å². The fourth-order valence-corrected chi connectivity index (χ4v) is 5.84. The smallest absolute Gasteiger partial charge is 0.341 e. The third-order valence-corrected chi connectivity index (χ3v) is 8.05. The van der Waals surface area contributed by atoms with Crippen molar-refractivity contribution in [1.82, 2.24) is 14.7 Å². The fraction of sp³-hybridized carbons (Fsp3) is 0.412. The van der Waals surface area contributed by atoms with Gasteiger partial charge in [-0.15, -0.1) is 0 Å². The maximum absolute atomic E-state index is 13.3. The average Bonchev–Trinajstić information content (AvgIpc) is 2.99. The minimum absolute atomic E-state index is 0.0173. The van der Waals surface area contributed by atoms with Gasteiger partial charge in [0.15, 0.2) is 6.61 Å². The van der Waals surface area contributed by atoms with Gasteiger partial charge in [0.2, 0.25) is 0 Å². The molecule has 1 heterocycles. The highest BCUT2D eigenvalue weighted by atomic mass is 16.5. The van der Waals surface area contributed by atoms with Crippen LogP contribution in [0.2, 0.25) is 0 Å². The van der Waals surface area contributed by atoms with Gasteiger partial charge in [-0.1, -0.05) is 36.4 Å². The van der Waals surface area contributed by atoms with Gasteiger partial charge >= 0.3 is 5.97 Å². The number of hydrogen-bond acceptors (Lipinski definition) is 6. The number of carboxylic acid groups (broad SMARTS) is 1. The summed E-state index contributed by atoms with van der Waals surface area (Å²) in [6.07, 6.45) is 0. The van der Waals surface area contributed by atoms with Gasteiger partial charge in [-0.3, -0.25) is 14.6 Å². The molecular weight excluding hydrogens is 530 g/mol. The predicted octanol–water partition coefficient (Wildman–Crippen LogP) is 5.32. The number of rotatable bonds is 12. The molecule has 8 heteroatoms. The molecule has 1 amide bonds. The summed E-state index contributed by atoms with van der Waals surface area (Å²) < 4.78 is 11.0. The van der Waals surface area contributed by atoms with E-state index in [-0.39, 0.29) is 24.0 Å². The Morgan fingerprint density at radius 3 is 2.26 bits per heavy atom. The Bertz CT molecular complexity index is 1360. The second-order valence-corrected chi connectivity index (χ2v) is 10.9. The zero-order chi connectivity index (χ0) is 30.2. The van der Waals surface area contributed by atoms with Gasteiger partial charge in [0.05, 0.1) is 13.2 Å². The Kier molecular flexibility index (Phi) is 10.6.